The van der Waals surface area contributed by atoms with Gasteiger partial charge in [0.25, 0.3) is 5.91 Å². The largest absolute Gasteiger partial charge is 0.364 e. The van der Waals surface area contributed by atoms with Crippen molar-refractivity contribution in [3.63, 3.8) is 0 Å². The quantitative estimate of drug-likeness (QED) is 0.744. The zero-order valence-corrected chi connectivity index (χ0v) is 13.7. The predicted molar refractivity (Wildman–Crippen MR) is 94.9 cm³/mol. The highest BCUT2D eigenvalue weighted by Crippen LogP contribution is 2.12. The fourth-order valence-corrected chi connectivity index (χ4v) is 2.21. The van der Waals surface area contributed by atoms with Gasteiger partial charge in [-0.05, 0) is 37.3 Å². The summed E-state index contributed by atoms with van der Waals surface area (Å²) in [6.45, 7) is 2.26. The number of aryl methyl sites for hydroxylation is 1. The number of carbonyl (C=O) groups excluding carboxylic acids is 1. The van der Waals surface area contributed by atoms with Crippen LogP contribution in [0.3, 0.4) is 0 Å². The van der Waals surface area contributed by atoms with Gasteiger partial charge >= 0.3 is 0 Å². The molecule has 0 saturated heterocycles. The van der Waals surface area contributed by atoms with Crippen molar-refractivity contribution < 1.29 is 9.18 Å². The van der Waals surface area contributed by atoms with E-state index in [2.05, 4.69) is 20.8 Å². The molecular formula is C19H17FN4O. The monoisotopic (exact) mass is 336 g/mol. The number of amides is 1. The van der Waals surface area contributed by atoms with Crippen LogP contribution in [0.15, 0.2) is 60.7 Å². The molecule has 2 aromatic carbocycles. The maximum Gasteiger partial charge on any atom is 0.276 e. The summed E-state index contributed by atoms with van der Waals surface area (Å²) >= 11 is 0. The summed E-state index contributed by atoms with van der Waals surface area (Å²) in [7, 11) is 0. The molecule has 6 heteroatoms. The van der Waals surface area contributed by atoms with Crippen LogP contribution in [-0.4, -0.2) is 16.1 Å². The topological polar surface area (TPSA) is 66.9 Å². The van der Waals surface area contributed by atoms with E-state index in [0.717, 1.165) is 5.56 Å². The Bertz CT molecular complexity index is 863. The predicted octanol–water partition coefficient (Wildman–Crippen LogP) is 3.79. The zero-order valence-electron chi connectivity index (χ0n) is 13.7. The molecule has 0 aliphatic carbocycles. The van der Waals surface area contributed by atoms with Crippen LogP contribution in [0, 0.1) is 12.7 Å². The van der Waals surface area contributed by atoms with Gasteiger partial charge in [-0.15, -0.1) is 10.2 Å². The molecule has 3 rings (SSSR count). The highest BCUT2D eigenvalue weighted by atomic mass is 19.1. The standard InChI is InChI=1S/C19H17FN4O/c1-13-6-8-15(9-7-13)22-19(25)17-10-11-18(24-23-17)21-12-14-4-2-3-5-16(14)20/h2-11H,12H2,1H3,(H,21,24)(H,22,25). The Morgan fingerprint density at radius 3 is 2.44 bits per heavy atom. The Morgan fingerprint density at radius 2 is 1.76 bits per heavy atom. The number of anilines is 2. The van der Waals surface area contributed by atoms with Gasteiger partial charge in [-0.2, -0.15) is 0 Å². The molecule has 1 heterocycles. The third-order valence-corrected chi connectivity index (χ3v) is 3.62. The van der Waals surface area contributed by atoms with Crippen LogP contribution in [-0.2, 0) is 6.54 Å². The van der Waals surface area contributed by atoms with Crippen LogP contribution < -0.4 is 10.6 Å². The van der Waals surface area contributed by atoms with Crippen molar-refractivity contribution in [1.29, 1.82) is 0 Å². The molecule has 0 aliphatic rings. The van der Waals surface area contributed by atoms with Gasteiger partial charge < -0.3 is 10.6 Å². The molecule has 0 fully saturated rings. The smallest absolute Gasteiger partial charge is 0.276 e. The fraction of sp³-hybridized carbons (Fsp3) is 0.105. The number of hydrogen-bond acceptors (Lipinski definition) is 4. The summed E-state index contributed by atoms with van der Waals surface area (Å²) < 4.78 is 13.6. The van der Waals surface area contributed by atoms with Gasteiger partial charge in [0.05, 0.1) is 0 Å². The maximum atomic E-state index is 13.6. The van der Waals surface area contributed by atoms with Crippen molar-refractivity contribution in [3.05, 3.63) is 83.3 Å². The van der Waals surface area contributed by atoms with E-state index in [1.54, 1.807) is 30.3 Å². The molecule has 126 valence electrons. The van der Waals surface area contributed by atoms with Gasteiger partial charge in [0, 0.05) is 17.8 Å². The van der Waals surface area contributed by atoms with Crippen LogP contribution in [0.2, 0.25) is 0 Å². The average Bonchev–Trinajstić information content (AvgIpc) is 2.63. The highest BCUT2D eigenvalue weighted by molar-refractivity contribution is 6.02. The lowest BCUT2D eigenvalue weighted by atomic mass is 10.2. The summed E-state index contributed by atoms with van der Waals surface area (Å²) in [5.74, 6) is -0.149. The van der Waals surface area contributed by atoms with E-state index in [1.807, 2.05) is 31.2 Å². The Labute approximate surface area is 144 Å². The first-order chi connectivity index (χ1) is 12.1. The van der Waals surface area contributed by atoms with Gasteiger partial charge in [-0.1, -0.05) is 35.9 Å². The summed E-state index contributed by atoms with van der Waals surface area (Å²) in [4.78, 5) is 12.2. The summed E-state index contributed by atoms with van der Waals surface area (Å²) in [6, 6.07) is 17.2. The van der Waals surface area contributed by atoms with E-state index in [4.69, 9.17) is 0 Å². The van der Waals surface area contributed by atoms with Gasteiger partial charge in [0.2, 0.25) is 0 Å². The Morgan fingerprint density at radius 1 is 1.00 bits per heavy atom. The molecule has 1 aromatic heterocycles. The molecule has 0 unspecified atom stereocenters. The van der Waals surface area contributed by atoms with E-state index in [1.165, 1.54) is 6.07 Å². The summed E-state index contributed by atoms with van der Waals surface area (Å²) in [5, 5.41) is 13.6. The van der Waals surface area contributed by atoms with Gasteiger partial charge in [0.1, 0.15) is 11.6 Å². The Kier molecular flexibility index (Phi) is 4.99. The van der Waals surface area contributed by atoms with Crippen molar-refractivity contribution in [2.45, 2.75) is 13.5 Å². The second-order valence-electron chi connectivity index (χ2n) is 5.57. The number of hydrogen-bond donors (Lipinski definition) is 2. The first-order valence-corrected chi connectivity index (χ1v) is 7.81. The minimum Gasteiger partial charge on any atom is -0.364 e. The minimum atomic E-state index is -0.336. The first kappa shape index (κ1) is 16.6. The van der Waals surface area contributed by atoms with E-state index in [0.29, 0.717) is 17.1 Å². The second-order valence-corrected chi connectivity index (χ2v) is 5.57. The van der Waals surface area contributed by atoms with Crippen LogP contribution >= 0.6 is 0 Å². The Balaban J connectivity index is 1.60. The molecule has 0 atom stereocenters. The molecule has 0 bridgehead atoms. The van der Waals surface area contributed by atoms with Gasteiger partial charge in [0.15, 0.2) is 5.69 Å². The Hall–Kier alpha value is -3.28. The fourth-order valence-electron chi connectivity index (χ4n) is 2.21. The van der Waals surface area contributed by atoms with Crippen LogP contribution in [0.25, 0.3) is 0 Å². The number of nitrogens with zero attached hydrogens (tertiary/aromatic N) is 2. The lowest BCUT2D eigenvalue weighted by Crippen LogP contribution is -2.15. The number of aromatic nitrogens is 2. The molecule has 25 heavy (non-hydrogen) atoms. The van der Waals surface area contributed by atoms with Crippen molar-refractivity contribution in [2.75, 3.05) is 10.6 Å². The van der Waals surface area contributed by atoms with E-state index in [-0.39, 0.29) is 24.0 Å². The van der Waals surface area contributed by atoms with E-state index >= 15 is 0 Å². The number of nitrogens with one attached hydrogen (secondary N) is 2. The molecular weight excluding hydrogens is 319 g/mol. The van der Waals surface area contributed by atoms with Crippen LogP contribution in [0.5, 0.6) is 0 Å². The number of benzene rings is 2. The molecule has 2 N–H and O–H groups in total. The SMILES string of the molecule is Cc1ccc(NC(=O)c2ccc(NCc3ccccc3F)nn2)cc1. The molecule has 5 nitrogen and oxygen atoms in total. The minimum absolute atomic E-state index is 0.206. The van der Waals surface area contributed by atoms with Crippen LogP contribution in [0.4, 0.5) is 15.9 Å². The van der Waals surface area contributed by atoms with Gasteiger partial charge in [-0.3, -0.25) is 4.79 Å². The molecule has 3 aromatic rings. The third kappa shape index (κ3) is 4.38. The maximum absolute atomic E-state index is 13.6. The highest BCUT2D eigenvalue weighted by Gasteiger charge is 2.09. The lowest BCUT2D eigenvalue weighted by Gasteiger charge is -2.07. The number of rotatable bonds is 5. The van der Waals surface area contributed by atoms with Crippen molar-refractivity contribution in [3.8, 4) is 0 Å². The average molecular weight is 336 g/mol. The molecule has 0 radical (unpaired) electrons. The van der Waals surface area contributed by atoms with Crippen molar-refractivity contribution >= 4 is 17.4 Å². The van der Waals surface area contributed by atoms with Gasteiger partial charge in [-0.25, -0.2) is 4.39 Å². The first-order valence-electron chi connectivity index (χ1n) is 7.81. The molecule has 0 aliphatic heterocycles. The van der Waals surface area contributed by atoms with Crippen molar-refractivity contribution in [1.82, 2.24) is 10.2 Å². The summed E-state index contributed by atoms with van der Waals surface area (Å²) in [6.07, 6.45) is 0. The third-order valence-electron chi connectivity index (χ3n) is 3.62. The molecule has 0 spiro atoms. The normalized spacial score (nSPS) is 10.3. The zero-order chi connectivity index (χ0) is 17.6. The van der Waals surface area contributed by atoms with E-state index < -0.39 is 0 Å². The summed E-state index contributed by atoms with van der Waals surface area (Å²) in [5.41, 5.74) is 2.55. The lowest BCUT2D eigenvalue weighted by molar-refractivity contribution is 0.102. The van der Waals surface area contributed by atoms with E-state index in [9.17, 15) is 9.18 Å². The van der Waals surface area contributed by atoms with Crippen molar-refractivity contribution in [2.24, 2.45) is 0 Å². The molecule has 1 amide bonds. The number of halogens is 1. The second kappa shape index (κ2) is 7.53. The van der Waals surface area contributed by atoms with Crippen LogP contribution in [0.1, 0.15) is 21.6 Å². The molecule has 0 saturated carbocycles. The number of carbonyl (C=O) groups is 1.